The van der Waals surface area contributed by atoms with E-state index in [1.165, 1.54) is 25.9 Å². The molecule has 6 atom stereocenters. The molecule has 1 spiro atoms. The molecule has 0 unspecified atom stereocenters. The van der Waals surface area contributed by atoms with Gasteiger partial charge < -0.3 is 43.0 Å². The molecule has 0 aromatic heterocycles. The highest BCUT2D eigenvalue weighted by Crippen LogP contribution is 2.59. The highest BCUT2D eigenvalue weighted by atomic mass is 16.6. The minimum Gasteiger partial charge on any atom is -0.493 e. The standard InChI is InChI=1S/C31H44O10/c1-20(2)7-9-25-30(3,41-25)29-28(36-6)22(11-12-31(29)19-39-31)40-26(33)10-8-21-17-23(34-4)27(24(18-21)35-5)38-16-15-37-14-13-32/h7-8,10,17-18,22,25,28-29,32H,9,11-16,19H2,1-6H3/t22-,25-,28-,29-,30+,31+/m1/s1. The number of aliphatic hydroxyl groups is 1. The van der Waals surface area contributed by atoms with Crippen molar-refractivity contribution in [2.24, 2.45) is 5.92 Å². The number of methoxy groups -OCH3 is 3. The average molecular weight is 577 g/mol. The van der Waals surface area contributed by atoms with Crippen LogP contribution in [0.1, 0.15) is 45.6 Å². The largest absolute Gasteiger partial charge is 0.493 e. The van der Waals surface area contributed by atoms with Crippen molar-refractivity contribution in [2.75, 3.05) is 54.4 Å². The summed E-state index contributed by atoms with van der Waals surface area (Å²) in [5, 5.41) is 8.83. The molecule has 3 aliphatic rings. The minimum absolute atomic E-state index is 0.0406. The molecule has 10 nitrogen and oxygen atoms in total. The fourth-order valence-corrected chi connectivity index (χ4v) is 5.93. The van der Waals surface area contributed by atoms with Crippen molar-refractivity contribution in [1.29, 1.82) is 0 Å². The first-order chi connectivity index (χ1) is 19.7. The van der Waals surface area contributed by atoms with E-state index in [4.69, 9.17) is 43.0 Å². The van der Waals surface area contributed by atoms with Crippen LogP contribution in [0.5, 0.6) is 17.2 Å². The van der Waals surface area contributed by atoms with Crippen LogP contribution in [0.2, 0.25) is 0 Å². The molecule has 228 valence electrons. The van der Waals surface area contributed by atoms with Crippen LogP contribution in [0.15, 0.2) is 29.9 Å². The molecule has 1 aromatic rings. The molecule has 10 heteroatoms. The van der Waals surface area contributed by atoms with Gasteiger partial charge >= 0.3 is 5.97 Å². The van der Waals surface area contributed by atoms with Crippen LogP contribution >= 0.6 is 0 Å². The smallest absolute Gasteiger partial charge is 0.331 e. The normalized spacial score (nSPS) is 30.2. The number of epoxide rings is 2. The summed E-state index contributed by atoms with van der Waals surface area (Å²) in [6.45, 7) is 7.70. The number of carbonyl (C=O) groups excluding carboxylic acids is 1. The van der Waals surface area contributed by atoms with Crippen molar-refractivity contribution in [3.8, 4) is 17.2 Å². The van der Waals surface area contributed by atoms with E-state index >= 15 is 0 Å². The van der Waals surface area contributed by atoms with Gasteiger partial charge in [0.15, 0.2) is 11.5 Å². The van der Waals surface area contributed by atoms with Crippen LogP contribution in [0.4, 0.5) is 0 Å². The molecule has 4 rings (SSSR count). The minimum atomic E-state index is -0.467. The number of hydrogen-bond donors (Lipinski definition) is 1. The highest BCUT2D eigenvalue weighted by molar-refractivity contribution is 5.87. The van der Waals surface area contributed by atoms with Crippen molar-refractivity contribution in [1.82, 2.24) is 0 Å². The quantitative estimate of drug-likeness (QED) is 0.109. The molecule has 3 fully saturated rings. The molecule has 2 heterocycles. The van der Waals surface area contributed by atoms with E-state index < -0.39 is 17.7 Å². The van der Waals surface area contributed by atoms with E-state index in [2.05, 4.69) is 26.8 Å². The van der Waals surface area contributed by atoms with Gasteiger partial charge in [-0.1, -0.05) is 11.6 Å². The Balaban J connectivity index is 1.42. The average Bonchev–Trinajstić information content (AvgIpc) is 3.88. The Hall–Kier alpha value is -2.63. The lowest BCUT2D eigenvalue weighted by molar-refractivity contribution is -0.166. The Labute approximate surface area is 242 Å². The van der Waals surface area contributed by atoms with E-state index in [9.17, 15) is 4.79 Å². The Bertz CT molecular complexity index is 1080. The Morgan fingerprint density at radius 3 is 2.41 bits per heavy atom. The number of esters is 1. The molecular weight excluding hydrogens is 532 g/mol. The van der Waals surface area contributed by atoms with Gasteiger partial charge in [-0.3, -0.25) is 0 Å². The SMILES string of the molecule is COc1cc(C=CC(=O)O[C@@H]2CC[C@]3(CO3)[C@@H]([C@@]3(C)O[C@@H]3CC=C(C)C)[C@@H]2OC)cc(OC)c1OCCOCCO. The summed E-state index contributed by atoms with van der Waals surface area (Å²) in [5.41, 5.74) is 1.25. The third-order valence-electron chi connectivity index (χ3n) is 8.11. The van der Waals surface area contributed by atoms with Crippen molar-refractivity contribution < 1.29 is 47.8 Å². The molecule has 2 saturated heterocycles. The van der Waals surface area contributed by atoms with Gasteiger partial charge in [-0.15, -0.1) is 0 Å². The second kappa shape index (κ2) is 13.6. The first-order valence-electron chi connectivity index (χ1n) is 14.2. The summed E-state index contributed by atoms with van der Waals surface area (Å²) < 4.78 is 46.2. The summed E-state index contributed by atoms with van der Waals surface area (Å²) in [6.07, 6.45) is 6.83. The van der Waals surface area contributed by atoms with Gasteiger partial charge in [0, 0.05) is 13.2 Å². The van der Waals surface area contributed by atoms with Crippen molar-refractivity contribution in [3.63, 3.8) is 0 Å². The lowest BCUT2D eigenvalue weighted by Crippen LogP contribution is -2.55. The van der Waals surface area contributed by atoms with Gasteiger partial charge in [0.05, 0.1) is 52.7 Å². The Morgan fingerprint density at radius 2 is 1.83 bits per heavy atom. The van der Waals surface area contributed by atoms with E-state index in [1.54, 1.807) is 25.3 Å². The molecule has 0 bridgehead atoms. The molecular formula is C31H44O10. The van der Waals surface area contributed by atoms with E-state index in [0.29, 0.717) is 42.4 Å². The van der Waals surface area contributed by atoms with Crippen molar-refractivity contribution >= 4 is 12.0 Å². The van der Waals surface area contributed by atoms with Gasteiger partial charge in [0.25, 0.3) is 0 Å². The number of rotatable bonds is 15. The number of carbonyl (C=O) groups is 1. The molecule has 1 aliphatic carbocycles. The number of hydrogen-bond acceptors (Lipinski definition) is 10. The van der Waals surface area contributed by atoms with Gasteiger partial charge in [0.1, 0.15) is 30.0 Å². The Morgan fingerprint density at radius 1 is 1.12 bits per heavy atom. The topological polar surface area (TPSA) is 118 Å². The van der Waals surface area contributed by atoms with Crippen LogP contribution < -0.4 is 14.2 Å². The van der Waals surface area contributed by atoms with Crippen LogP contribution in [-0.4, -0.2) is 95.0 Å². The van der Waals surface area contributed by atoms with Gasteiger partial charge in [-0.25, -0.2) is 4.79 Å². The highest BCUT2D eigenvalue weighted by Gasteiger charge is 2.72. The van der Waals surface area contributed by atoms with Crippen molar-refractivity contribution in [2.45, 2.75) is 69.5 Å². The van der Waals surface area contributed by atoms with Crippen LogP contribution in [-0.2, 0) is 28.5 Å². The summed E-state index contributed by atoms with van der Waals surface area (Å²) >= 11 is 0. The lowest BCUT2D eigenvalue weighted by atomic mass is 9.68. The summed E-state index contributed by atoms with van der Waals surface area (Å²) in [5.74, 6) is 0.814. The molecule has 0 radical (unpaired) electrons. The van der Waals surface area contributed by atoms with Gasteiger partial charge in [-0.05, 0) is 63.8 Å². The second-order valence-corrected chi connectivity index (χ2v) is 11.1. The number of benzene rings is 1. The fraction of sp³-hybridized carbons (Fsp3) is 0.645. The number of allylic oxidation sites excluding steroid dienone is 1. The zero-order valence-electron chi connectivity index (χ0n) is 25.0. The first kappa shape index (κ1) is 31.3. The summed E-state index contributed by atoms with van der Waals surface area (Å²) in [7, 11) is 4.72. The first-order valence-corrected chi connectivity index (χ1v) is 14.2. The van der Waals surface area contributed by atoms with Crippen LogP contribution in [0.25, 0.3) is 6.08 Å². The van der Waals surface area contributed by atoms with E-state index in [0.717, 1.165) is 12.8 Å². The van der Waals surface area contributed by atoms with Crippen LogP contribution in [0.3, 0.4) is 0 Å². The van der Waals surface area contributed by atoms with E-state index in [-0.39, 0.29) is 43.5 Å². The number of ether oxygens (including phenoxy) is 8. The number of aliphatic hydroxyl groups excluding tert-OH is 1. The van der Waals surface area contributed by atoms with Gasteiger partial charge in [-0.2, -0.15) is 0 Å². The summed E-state index contributed by atoms with van der Waals surface area (Å²) in [4.78, 5) is 13.0. The maximum atomic E-state index is 13.0. The Kier molecular flexibility index (Phi) is 10.4. The fourth-order valence-electron chi connectivity index (χ4n) is 5.93. The maximum Gasteiger partial charge on any atom is 0.331 e. The van der Waals surface area contributed by atoms with Gasteiger partial charge in [0.2, 0.25) is 5.75 Å². The lowest BCUT2D eigenvalue weighted by Gasteiger charge is -2.42. The molecule has 1 saturated carbocycles. The zero-order chi connectivity index (χ0) is 29.6. The molecule has 1 aromatic carbocycles. The maximum absolute atomic E-state index is 13.0. The van der Waals surface area contributed by atoms with Crippen molar-refractivity contribution in [3.05, 3.63) is 35.4 Å². The molecule has 0 amide bonds. The predicted octanol–water partition coefficient (Wildman–Crippen LogP) is 3.72. The summed E-state index contributed by atoms with van der Waals surface area (Å²) in [6, 6.07) is 3.49. The second-order valence-electron chi connectivity index (χ2n) is 11.1. The third-order valence-corrected chi connectivity index (χ3v) is 8.11. The predicted molar refractivity (Wildman–Crippen MR) is 151 cm³/mol. The monoisotopic (exact) mass is 576 g/mol. The molecule has 2 aliphatic heterocycles. The van der Waals surface area contributed by atoms with Crippen LogP contribution in [0, 0.1) is 5.92 Å². The van der Waals surface area contributed by atoms with E-state index in [1.807, 2.05) is 0 Å². The molecule has 41 heavy (non-hydrogen) atoms. The third kappa shape index (κ3) is 7.24. The molecule has 1 N–H and O–H groups in total. The zero-order valence-corrected chi connectivity index (χ0v) is 25.0.